The highest BCUT2D eigenvalue weighted by molar-refractivity contribution is 6.14. The number of aryl methyl sites for hydroxylation is 1. The minimum atomic E-state index is -0.386. The third kappa shape index (κ3) is 2.97. The number of carbonyl (C=O) groups is 2. The van der Waals surface area contributed by atoms with Gasteiger partial charge < -0.3 is 5.32 Å². The van der Waals surface area contributed by atoms with Crippen LogP contribution in [0.1, 0.15) is 16.7 Å². The SMILES string of the molecule is Cc1cccc(CN2C(=O)NC(=Cc3cccc4ccccc34)C2=O)c1. The third-order valence-electron chi connectivity index (χ3n) is 4.51. The van der Waals surface area contributed by atoms with Crippen LogP contribution in [0.3, 0.4) is 0 Å². The van der Waals surface area contributed by atoms with Crippen LogP contribution in [0.15, 0.2) is 72.4 Å². The summed E-state index contributed by atoms with van der Waals surface area (Å²) < 4.78 is 0. The van der Waals surface area contributed by atoms with Crippen molar-refractivity contribution in [2.75, 3.05) is 0 Å². The fraction of sp³-hybridized carbons (Fsp3) is 0.0909. The highest BCUT2D eigenvalue weighted by Crippen LogP contribution is 2.23. The average Bonchev–Trinajstić information content (AvgIpc) is 2.90. The Morgan fingerprint density at radius 2 is 1.73 bits per heavy atom. The molecular formula is C22H18N2O2. The highest BCUT2D eigenvalue weighted by atomic mass is 16.2. The molecule has 4 rings (SSSR count). The summed E-state index contributed by atoms with van der Waals surface area (Å²) in [4.78, 5) is 26.3. The summed E-state index contributed by atoms with van der Waals surface area (Å²) in [7, 11) is 0. The number of nitrogens with zero attached hydrogens (tertiary/aromatic N) is 1. The molecule has 1 heterocycles. The first-order valence-electron chi connectivity index (χ1n) is 8.50. The molecule has 3 aromatic carbocycles. The smallest absolute Gasteiger partial charge is 0.303 e. The van der Waals surface area contributed by atoms with Crippen molar-refractivity contribution in [2.45, 2.75) is 13.5 Å². The van der Waals surface area contributed by atoms with E-state index >= 15 is 0 Å². The van der Waals surface area contributed by atoms with Crippen molar-refractivity contribution in [1.29, 1.82) is 0 Å². The molecule has 0 aromatic heterocycles. The van der Waals surface area contributed by atoms with Crippen molar-refractivity contribution in [3.05, 3.63) is 89.1 Å². The molecule has 0 unspecified atom stereocenters. The molecule has 0 saturated carbocycles. The zero-order valence-corrected chi connectivity index (χ0v) is 14.4. The van der Waals surface area contributed by atoms with Crippen molar-refractivity contribution < 1.29 is 9.59 Å². The molecule has 4 heteroatoms. The van der Waals surface area contributed by atoms with Crippen LogP contribution in [0.4, 0.5) is 4.79 Å². The number of hydrogen-bond donors (Lipinski definition) is 1. The number of benzene rings is 3. The Kier molecular flexibility index (Phi) is 4.01. The number of amides is 3. The number of fused-ring (bicyclic) bond motifs is 1. The Morgan fingerprint density at radius 3 is 2.58 bits per heavy atom. The minimum Gasteiger partial charge on any atom is -0.303 e. The molecule has 0 atom stereocenters. The molecule has 0 bridgehead atoms. The Balaban J connectivity index is 1.65. The van der Waals surface area contributed by atoms with E-state index in [9.17, 15) is 9.59 Å². The zero-order chi connectivity index (χ0) is 18.1. The summed E-state index contributed by atoms with van der Waals surface area (Å²) in [5, 5.41) is 4.84. The van der Waals surface area contributed by atoms with Gasteiger partial charge in [0, 0.05) is 0 Å². The van der Waals surface area contributed by atoms with Crippen LogP contribution >= 0.6 is 0 Å². The maximum atomic E-state index is 12.7. The van der Waals surface area contributed by atoms with Gasteiger partial charge in [0.05, 0.1) is 6.54 Å². The highest BCUT2D eigenvalue weighted by Gasteiger charge is 2.33. The van der Waals surface area contributed by atoms with Crippen molar-refractivity contribution in [1.82, 2.24) is 10.2 Å². The van der Waals surface area contributed by atoms with Crippen molar-refractivity contribution in [3.8, 4) is 0 Å². The van der Waals surface area contributed by atoms with Gasteiger partial charge in [0.15, 0.2) is 0 Å². The molecular weight excluding hydrogens is 324 g/mol. The lowest BCUT2D eigenvalue weighted by molar-refractivity contribution is -0.123. The maximum Gasteiger partial charge on any atom is 0.329 e. The largest absolute Gasteiger partial charge is 0.329 e. The second-order valence-corrected chi connectivity index (χ2v) is 6.44. The monoisotopic (exact) mass is 342 g/mol. The summed E-state index contributed by atoms with van der Waals surface area (Å²) in [6.45, 7) is 2.25. The molecule has 3 amide bonds. The third-order valence-corrected chi connectivity index (χ3v) is 4.51. The van der Waals surface area contributed by atoms with E-state index in [4.69, 9.17) is 0 Å². The summed E-state index contributed by atoms with van der Waals surface area (Å²) in [5.41, 5.74) is 3.24. The van der Waals surface area contributed by atoms with Gasteiger partial charge in [-0.15, -0.1) is 0 Å². The van der Waals surface area contributed by atoms with E-state index in [-0.39, 0.29) is 18.5 Å². The van der Waals surface area contributed by atoms with Crippen LogP contribution in [0, 0.1) is 6.92 Å². The molecule has 4 nitrogen and oxygen atoms in total. The van der Waals surface area contributed by atoms with Gasteiger partial charge in [0.25, 0.3) is 5.91 Å². The van der Waals surface area contributed by atoms with Gasteiger partial charge in [0.1, 0.15) is 5.70 Å². The normalized spacial score (nSPS) is 15.7. The first kappa shape index (κ1) is 16.1. The number of imide groups is 1. The first-order valence-corrected chi connectivity index (χ1v) is 8.50. The summed E-state index contributed by atoms with van der Waals surface area (Å²) >= 11 is 0. The molecule has 3 aromatic rings. The van der Waals surface area contributed by atoms with Gasteiger partial charge in [-0.2, -0.15) is 0 Å². The summed E-state index contributed by atoms with van der Waals surface area (Å²) in [6.07, 6.45) is 1.75. The van der Waals surface area contributed by atoms with Crippen LogP contribution in [-0.2, 0) is 11.3 Å². The summed E-state index contributed by atoms with van der Waals surface area (Å²) in [5.74, 6) is -0.301. The Morgan fingerprint density at radius 1 is 0.962 bits per heavy atom. The average molecular weight is 342 g/mol. The van der Waals surface area contributed by atoms with Crippen molar-refractivity contribution >= 4 is 28.8 Å². The van der Waals surface area contributed by atoms with Gasteiger partial charge in [0.2, 0.25) is 0 Å². The summed E-state index contributed by atoms with van der Waals surface area (Å²) in [6, 6.07) is 21.3. The molecule has 1 aliphatic rings. The molecule has 128 valence electrons. The molecule has 1 aliphatic heterocycles. The fourth-order valence-electron chi connectivity index (χ4n) is 3.24. The number of rotatable bonds is 3. The van der Waals surface area contributed by atoms with Gasteiger partial charge in [-0.25, -0.2) is 4.79 Å². The van der Waals surface area contributed by atoms with E-state index in [1.807, 2.05) is 73.7 Å². The molecule has 0 spiro atoms. The minimum absolute atomic E-state index is 0.263. The van der Waals surface area contributed by atoms with E-state index < -0.39 is 0 Å². The van der Waals surface area contributed by atoms with Crippen LogP contribution in [0.25, 0.3) is 16.8 Å². The number of nitrogens with one attached hydrogen (secondary N) is 1. The topological polar surface area (TPSA) is 49.4 Å². The van der Waals surface area contributed by atoms with Gasteiger partial charge in [-0.3, -0.25) is 9.69 Å². The number of carbonyl (C=O) groups excluding carboxylic acids is 2. The van der Waals surface area contributed by atoms with Crippen LogP contribution in [0.5, 0.6) is 0 Å². The number of urea groups is 1. The van der Waals surface area contributed by atoms with E-state index in [2.05, 4.69) is 5.32 Å². The lowest BCUT2D eigenvalue weighted by atomic mass is 10.0. The predicted octanol–water partition coefficient (Wildman–Crippen LogP) is 4.24. The van der Waals surface area contributed by atoms with E-state index in [1.165, 1.54) is 4.90 Å². The second kappa shape index (κ2) is 6.48. The standard InChI is InChI=1S/C22H18N2O2/c1-15-6-4-7-16(12-15)14-24-21(25)20(23-22(24)26)13-18-10-5-9-17-8-2-3-11-19(17)18/h2-13H,14H2,1H3,(H,23,26). The molecule has 1 fully saturated rings. The lowest BCUT2D eigenvalue weighted by Crippen LogP contribution is -2.30. The van der Waals surface area contributed by atoms with E-state index in [0.717, 1.165) is 27.5 Å². The molecule has 26 heavy (non-hydrogen) atoms. The predicted molar refractivity (Wildman–Crippen MR) is 102 cm³/mol. The van der Waals surface area contributed by atoms with E-state index in [0.29, 0.717) is 5.70 Å². The molecule has 1 saturated heterocycles. The Hall–Kier alpha value is -3.40. The number of hydrogen-bond acceptors (Lipinski definition) is 2. The zero-order valence-electron chi connectivity index (χ0n) is 14.4. The van der Waals surface area contributed by atoms with Gasteiger partial charge in [-0.1, -0.05) is 72.3 Å². The van der Waals surface area contributed by atoms with Crippen LogP contribution in [0.2, 0.25) is 0 Å². The van der Waals surface area contributed by atoms with Crippen LogP contribution < -0.4 is 5.32 Å². The fourth-order valence-corrected chi connectivity index (χ4v) is 3.24. The van der Waals surface area contributed by atoms with Gasteiger partial charge in [-0.05, 0) is 34.9 Å². The molecule has 1 N–H and O–H groups in total. The van der Waals surface area contributed by atoms with Crippen molar-refractivity contribution in [2.24, 2.45) is 0 Å². The molecule has 0 radical (unpaired) electrons. The van der Waals surface area contributed by atoms with E-state index in [1.54, 1.807) is 6.08 Å². The first-order chi connectivity index (χ1) is 12.6. The second-order valence-electron chi connectivity index (χ2n) is 6.44. The van der Waals surface area contributed by atoms with Gasteiger partial charge >= 0.3 is 6.03 Å². The molecule has 0 aliphatic carbocycles. The lowest BCUT2D eigenvalue weighted by Gasteiger charge is -2.12. The van der Waals surface area contributed by atoms with Crippen LogP contribution in [-0.4, -0.2) is 16.8 Å². The van der Waals surface area contributed by atoms with Crippen molar-refractivity contribution in [3.63, 3.8) is 0 Å². The quantitative estimate of drug-likeness (QED) is 0.572. The Labute approximate surface area is 151 Å². The Bertz CT molecular complexity index is 1050. The maximum absolute atomic E-state index is 12.7.